The average molecular weight is 253 g/mol. The zero-order valence-corrected chi connectivity index (χ0v) is 12.5. The molecular formula is C15H31N3. The average Bonchev–Trinajstić information content (AvgIpc) is 2.39. The molecule has 0 aromatic carbocycles. The third-order valence-corrected chi connectivity index (χ3v) is 5.05. The highest BCUT2D eigenvalue weighted by atomic mass is 15.2. The molecule has 18 heavy (non-hydrogen) atoms. The number of fused-ring (bicyclic) bond motifs is 1. The third-order valence-electron chi connectivity index (χ3n) is 5.05. The summed E-state index contributed by atoms with van der Waals surface area (Å²) in [5, 5.41) is 3.25. The summed E-state index contributed by atoms with van der Waals surface area (Å²) in [5.41, 5.74) is 0. The molecule has 3 heteroatoms. The van der Waals surface area contributed by atoms with Crippen LogP contribution in [-0.2, 0) is 0 Å². The molecule has 2 heterocycles. The second-order valence-electron chi connectivity index (χ2n) is 6.33. The highest BCUT2D eigenvalue weighted by Gasteiger charge is 2.35. The summed E-state index contributed by atoms with van der Waals surface area (Å²) >= 11 is 0. The van der Waals surface area contributed by atoms with Gasteiger partial charge in [-0.15, -0.1) is 0 Å². The first kappa shape index (κ1) is 14.3. The van der Waals surface area contributed by atoms with Gasteiger partial charge in [-0.1, -0.05) is 0 Å². The number of likely N-dealkylation sites (tertiary alicyclic amines) is 2. The molecule has 0 aromatic rings. The molecule has 3 unspecified atom stereocenters. The number of nitrogens with zero attached hydrogens (tertiary/aromatic N) is 2. The van der Waals surface area contributed by atoms with E-state index in [1.807, 2.05) is 7.05 Å². The van der Waals surface area contributed by atoms with Gasteiger partial charge in [0.15, 0.2) is 0 Å². The first-order valence-electron chi connectivity index (χ1n) is 7.81. The van der Waals surface area contributed by atoms with Gasteiger partial charge in [-0.2, -0.15) is 0 Å². The Kier molecular flexibility index (Phi) is 5.46. The van der Waals surface area contributed by atoms with Crippen LogP contribution >= 0.6 is 0 Å². The quantitative estimate of drug-likeness (QED) is 0.754. The van der Waals surface area contributed by atoms with Crippen LogP contribution < -0.4 is 5.32 Å². The highest BCUT2D eigenvalue weighted by Crippen LogP contribution is 2.30. The largest absolute Gasteiger partial charge is 0.320 e. The second-order valence-corrected chi connectivity index (χ2v) is 6.33. The molecule has 0 amide bonds. The van der Waals surface area contributed by atoms with Gasteiger partial charge in [0.1, 0.15) is 0 Å². The lowest BCUT2D eigenvalue weighted by Gasteiger charge is -2.47. The van der Waals surface area contributed by atoms with E-state index in [4.69, 9.17) is 0 Å². The molecule has 0 saturated carbocycles. The Labute approximate surface area is 113 Å². The van der Waals surface area contributed by atoms with Crippen molar-refractivity contribution in [2.45, 2.75) is 51.1 Å². The number of hydrogen-bond acceptors (Lipinski definition) is 3. The second kappa shape index (κ2) is 6.88. The lowest BCUT2D eigenvalue weighted by Crippen LogP contribution is -2.54. The minimum atomic E-state index is 0.770. The van der Waals surface area contributed by atoms with E-state index in [2.05, 4.69) is 29.1 Å². The van der Waals surface area contributed by atoms with E-state index in [1.54, 1.807) is 0 Å². The fourth-order valence-electron chi connectivity index (χ4n) is 3.84. The van der Waals surface area contributed by atoms with Gasteiger partial charge in [-0.3, -0.25) is 0 Å². The number of rotatable bonds is 5. The number of nitrogens with one attached hydrogen (secondary N) is 1. The van der Waals surface area contributed by atoms with Gasteiger partial charge in [-0.05, 0) is 78.7 Å². The summed E-state index contributed by atoms with van der Waals surface area (Å²) in [6, 6.07) is 1.64. The molecule has 2 aliphatic rings. The van der Waals surface area contributed by atoms with Crippen LogP contribution in [0.5, 0.6) is 0 Å². The van der Waals surface area contributed by atoms with E-state index in [-0.39, 0.29) is 0 Å². The maximum absolute atomic E-state index is 3.25. The van der Waals surface area contributed by atoms with Crippen LogP contribution in [0, 0.1) is 5.92 Å². The zero-order valence-electron chi connectivity index (χ0n) is 12.5. The molecule has 3 atom stereocenters. The molecule has 0 aliphatic carbocycles. The Morgan fingerprint density at radius 2 is 2.11 bits per heavy atom. The van der Waals surface area contributed by atoms with Crippen LogP contribution in [0.15, 0.2) is 0 Å². The van der Waals surface area contributed by atoms with Gasteiger partial charge in [0.2, 0.25) is 0 Å². The van der Waals surface area contributed by atoms with Crippen molar-refractivity contribution in [2.24, 2.45) is 5.92 Å². The maximum atomic E-state index is 3.25. The van der Waals surface area contributed by atoms with Crippen LogP contribution in [0.3, 0.4) is 0 Å². The van der Waals surface area contributed by atoms with Gasteiger partial charge >= 0.3 is 0 Å². The van der Waals surface area contributed by atoms with E-state index in [0.717, 1.165) is 24.5 Å². The summed E-state index contributed by atoms with van der Waals surface area (Å²) < 4.78 is 0. The van der Waals surface area contributed by atoms with E-state index in [9.17, 15) is 0 Å². The van der Waals surface area contributed by atoms with Crippen molar-refractivity contribution in [3.05, 3.63) is 0 Å². The van der Waals surface area contributed by atoms with Gasteiger partial charge in [0.25, 0.3) is 0 Å². The van der Waals surface area contributed by atoms with E-state index >= 15 is 0 Å². The zero-order chi connectivity index (χ0) is 13.0. The highest BCUT2D eigenvalue weighted by molar-refractivity contribution is 4.90. The molecular weight excluding hydrogens is 222 g/mol. The molecule has 2 rings (SSSR count). The van der Waals surface area contributed by atoms with Crippen LogP contribution in [0.2, 0.25) is 0 Å². The van der Waals surface area contributed by atoms with E-state index in [1.165, 1.54) is 51.7 Å². The normalized spacial score (nSPS) is 32.2. The Balaban J connectivity index is 1.79. The van der Waals surface area contributed by atoms with E-state index < -0.39 is 0 Å². The fourth-order valence-corrected chi connectivity index (χ4v) is 3.84. The molecule has 3 nitrogen and oxygen atoms in total. The summed E-state index contributed by atoms with van der Waals surface area (Å²) in [5.74, 6) is 0.934. The Morgan fingerprint density at radius 1 is 1.28 bits per heavy atom. The van der Waals surface area contributed by atoms with Gasteiger partial charge < -0.3 is 15.1 Å². The van der Waals surface area contributed by atoms with Crippen molar-refractivity contribution >= 4 is 0 Å². The molecule has 0 bridgehead atoms. The predicted molar refractivity (Wildman–Crippen MR) is 78.0 cm³/mol. The van der Waals surface area contributed by atoms with Crippen LogP contribution in [0.4, 0.5) is 0 Å². The Hall–Kier alpha value is -0.120. The third kappa shape index (κ3) is 3.46. The van der Waals surface area contributed by atoms with Crippen molar-refractivity contribution in [1.29, 1.82) is 0 Å². The molecule has 0 spiro atoms. The summed E-state index contributed by atoms with van der Waals surface area (Å²) in [6.45, 7) is 7.55. The summed E-state index contributed by atoms with van der Waals surface area (Å²) in [7, 11) is 4.37. The lowest BCUT2D eigenvalue weighted by atomic mass is 9.83. The molecule has 0 radical (unpaired) electrons. The van der Waals surface area contributed by atoms with Crippen molar-refractivity contribution < 1.29 is 0 Å². The molecule has 1 N–H and O–H groups in total. The van der Waals surface area contributed by atoms with E-state index in [0.29, 0.717) is 0 Å². The lowest BCUT2D eigenvalue weighted by molar-refractivity contribution is 0.0215. The molecule has 2 saturated heterocycles. The smallest absolute Gasteiger partial charge is 0.0145 e. The number of piperidine rings is 2. The molecule has 106 valence electrons. The predicted octanol–water partition coefficient (Wildman–Crippen LogP) is 1.79. The Morgan fingerprint density at radius 3 is 2.89 bits per heavy atom. The van der Waals surface area contributed by atoms with Gasteiger partial charge in [0.05, 0.1) is 0 Å². The molecule has 2 aliphatic heterocycles. The molecule has 2 fully saturated rings. The first-order chi connectivity index (χ1) is 8.72. The van der Waals surface area contributed by atoms with Gasteiger partial charge in [0, 0.05) is 18.6 Å². The van der Waals surface area contributed by atoms with Gasteiger partial charge in [-0.25, -0.2) is 0 Å². The number of hydrogen-bond donors (Lipinski definition) is 1. The van der Waals surface area contributed by atoms with Crippen LogP contribution in [0.25, 0.3) is 0 Å². The Bertz CT molecular complexity index is 244. The first-order valence-corrected chi connectivity index (χ1v) is 7.81. The van der Waals surface area contributed by atoms with Crippen molar-refractivity contribution in [2.75, 3.05) is 40.3 Å². The van der Waals surface area contributed by atoms with Crippen LogP contribution in [-0.4, -0.2) is 62.2 Å². The monoisotopic (exact) mass is 253 g/mol. The molecule has 0 aromatic heterocycles. The standard InChI is InChI=1S/C15H31N3/c1-13(6-4-9-16-2)18-11-8-15-14(12-18)7-5-10-17(15)3/h13-16H,4-12H2,1-3H3. The SMILES string of the molecule is CNCCCC(C)N1CCC2C(CCCN2C)C1. The summed E-state index contributed by atoms with van der Waals surface area (Å²) in [4.78, 5) is 5.35. The topological polar surface area (TPSA) is 18.5 Å². The minimum Gasteiger partial charge on any atom is -0.320 e. The van der Waals surface area contributed by atoms with Crippen molar-refractivity contribution in [1.82, 2.24) is 15.1 Å². The fraction of sp³-hybridized carbons (Fsp3) is 1.00. The van der Waals surface area contributed by atoms with Crippen LogP contribution in [0.1, 0.15) is 39.0 Å². The minimum absolute atomic E-state index is 0.770. The maximum Gasteiger partial charge on any atom is 0.0145 e. The van der Waals surface area contributed by atoms with Crippen molar-refractivity contribution in [3.63, 3.8) is 0 Å². The van der Waals surface area contributed by atoms with Crippen molar-refractivity contribution in [3.8, 4) is 0 Å². The summed E-state index contributed by atoms with van der Waals surface area (Å²) in [6.07, 6.45) is 6.89.